The minimum atomic E-state index is -4.19. The number of hydrogen-bond donors (Lipinski definition) is 0. The minimum absolute atomic E-state index is 0.0370. The number of ketones is 1. The van der Waals surface area contributed by atoms with Crippen LogP contribution in [0.5, 0.6) is 0 Å². The Morgan fingerprint density at radius 3 is 2.21 bits per heavy atom. The number of carbonyl (C=O) groups is 1. The summed E-state index contributed by atoms with van der Waals surface area (Å²) in [7, 11) is -3.15. The van der Waals surface area contributed by atoms with Gasteiger partial charge in [0.1, 0.15) is 0 Å². The first-order valence-electron chi connectivity index (χ1n) is 3.94. The van der Waals surface area contributed by atoms with Crippen molar-refractivity contribution >= 4 is 18.8 Å². The summed E-state index contributed by atoms with van der Waals surface area (Å²) in [6.45, 7) is 1.40. The second-order valence-corrected chi connectivity index (χ2v) is 4.61. The summed E-state index contributed by atoms with van der Waals surface area (Å²) in [5, 5.41) is -0.0370. The number of Topliss-reactive ketones (excluding diaryl/α,β-unsaturated/α-hetero) is 1. The highest BCUT2D eigenvalue weighted by Gasteiger charge is 2.22. The molecule has 0 aromatic heterocycles. The summed E-state index contributed by atoms with van der Waals surface area (Å²) in [4.78, 5) is 10.9. The molecule has 1 atom stereocenters. The highest BCUT2D eigenvalue weighted by Crippen LogP contribution is 2.46. The van der Waals surface area contributed by atoms with E-state index in [1.54, 1.807) is 0 Å². The predicted octanol–water partition coefficient (Wildman–Crippen LogP) is 2.32. The maximum absolute atomic E-state index is 13.1. The molecule has 1 aromatic carbocycles. The number of benzene rings is 1. The van der Waals surface area contributed by atoms with E-state index >= 15 is 0 Å². The molecule has 1 rings (SSSR count). The van der Waals surface area contributed by atoms with Crippen molar-refractivity contribution in [3.8, 4) is 0 Å². The van der Waals surface area contributed by atoms with E-state index in [1.807, 2.05) is 0 Å². The van der Waals surface area contributed by atoms with Crippen molar-refractivity contribution < 1.29 is 18.1 Å². The van der Waals surface area contributed by atoms with Crippen LogP contribution in [0, 0.1) is 0 Å². The molecule has 0 heterocycles. The molecule has 0 radical (unpaired) electrons. The Kier molecular flexibility index (Phi) is 3.19. The van der Waals surface area contributed by atoms with E-state index in [0.717, 1.165) is 7.11 Å². The molecule has 0 spiro atoms. The van der Waals surface area contributed by atoms with E-state index in [4.69, 9.17) is 0 Å². The van der Waals surface area contributed by atoms with Crippen LogP contribution in [0.4, 0.5) is 4.20 Å². The van der Waals surface area contributed by atoms with E-state index < -0.39 is 7.68 Å². The first kappa shape index (κ1) is 11.1. The standard InChI is InChI=1S/C9H10FO3P/c1-7(11)8-3-5-9(6-4-8)14(10,12)13-2/h3-6H,1-2H3. The topological polar surface area (TPSA) is 43.4 Å². The molecule has 0 bridgehead atoms. The van der Waals surface area contributed by atoms with E-state index in [1.165, 1.54) is 31.2 Å². The van der Waals surface area contributed by atoms with Crippen LogP contribution >= 0.6 is 7.68 Å². The van der Waals surface area contributed by atoms with Crippen molar-refractivity contribution in [3.05, 3.63) is 29.8 Å². The van der Waals surface area contributed by atoms with Crippen LogP contribution in [0.3, 0.4) is 0 Å². The van der Waals surface area contributed by atoms with Crippen LogP contribution in [-0.4, -0.2) is 12.9 Å². The van der Waals surface area contributed by atoms with Gasteiger partial charge in [-0.25, -0.2) is 4.57 Å². The van der Waals surface area contributed by atoms with Gasteiger partial charge in [-0.1, -0.05) is 12.1 Å². The fourth-order valence-corrected chi connectivity index (χ4v) is 1.70. The summed E-state index contributed by atoms with van der Waals surface area (Å²) in [6, 6.07) is 5.42. The molecule has 3 nitrogen and oxygen atoms in total. The van der Waals surface area contributed by atoms with Gasteiger partial charge in [0.15, 0.2) is 5.78 Å². The van der Waals surface area contributed by atoms with Crippen molar-refractivity contribution in [2.75, 3.05) is 7.11 Å². The van der Waals surface area contributed by atoms with Crippen LogP contribution in [0.25, 0.3) is 0 Å². The maximum Gasteiger partial charge on any atom is 0.397 e. The summed E-state index contributed by atoms with van der Waals surface area (Å²) < 4.78 is 28.5. The Hall–Kier alpha value is -0.990. The lowest BCUT2D eigenvalue weighted by atomic mass is 10.2. The third kappa shape index (κ3) is 2.28. The number of carbonyl (C=O) groups excluding carboxylic acids is 1. The lowest BCUT2D eigenvalue weighted by Gasteiger charge is -2.06. The summed E-state index contributed by atoms with van der Waals surface area (Å²) in [6.07, 6.45) is 0. The maximum atomic E-state index is 13.1. The zero-order valence-corrected chi connectivity index (χ0v) is 8.75. The SMILES string of the molecule is COP(=O)(F)c1ccc(C(C)=O)cc1. The van der Waals surface area contributed by atoms with Crippen molar-refractivity contribution in [1.29, 1.82) is 0 Å². The van der Waals surface area contributed by atoms with Crippen molar-refractivity contribution in [2.24, 2.45) is 0 Å². The van der Waals surface area contributed by atoms with Crippen LogP contribution in [0.2, 0.25) is 0 Å². The van der Waals surface area contributed by atoms with Crippen molar-refractivity contribution in [3.63, 3.8) is 0 Å². The number of hydrogen-bond acceptors (Lipinski definition) is 3. The average Bonchev–Trinajstić information content (AvgIpc) is 2.18. The largest absolute Gasteiger partial charge is 0.397 e. The summed E-state index contributed by atoms with van der Waals surface area (Å²) >= 11 is 0. The molecular weight excluding hydrogens is 206 g/mol. The van der Waals surface area contributed by atoms with Crippen molar-refractivity contribution in [2.45, 2.75) is 6.92 Å². The average molecular weight is 216 g/mol. The normalized spacial score (nSPS) is 14.8. The fourth-order valence-electron chi connectivity index (χ4n) is 0.980. The van der Waals surface area contributed by atoms with E-state index in [-0.39, 0.29) is 11.1 Å². The zero-order valence-electron chi connectivity index (χ0n) is 7.86. The van der Waals surface area contributed by atoms with Gasteiger partial charge in [-0.3, -0.25) is 4.79 Å². The lowest BCUT2D eigenvalue weighted by molar-refractivity contribution is 0.101. The third-order valence-electron chi connectivity index (χ3n) is 1.82. The molecule has 5 heteroatoms. The molecule has 0 N–H and O–H groups in total. The molecule has 0 saturated carbocycles. The molecule has 1 aromatic rings. The molecule has 1 unspecified atom stereocenters. The van der Waals surface area contributed by atoms with Gasteiger partial charge in [-0.2, -0.15) is 4.20 Å². The molecule has 0 aliphatic rings. The zero-order chi connectivity index (χ0) is 10.8. The van der Waals surface area contributed by atoms with Crippen molar-refractivity contribution in [1.82, 2.24) is 0 Å². The Balaban J connectivity index is 3.06. The van der Waals surface area contributed by atoms with Gasteiger partial charge in [0.25, 0.3) is 0 Å². The summed E-state index contributed by atoms with van der Waals surface area (Å²) in [5.74, 6) is -0.123. The predicted molar refractivity (Wildman–Crippen MR) is 51.8 cm³/mol. The van der Waals surface area contributed by atoms with Crippen LogP contribution in [0.15, 0.2) is 24.3 Å². The molecule has 0 fully saturated rings. The van der Waals surface area contributed by atoms with Gasteiger partial charge in [-0.15, -0.1) is 0 Å². The van der Waals surface area contributed by atoms with Gasteiger partial charge < -0.3 is 4.52 Å². The van der Waals surface area contributed by atoms with Gasteiger partial charge in [-0.05, 0) is 19.1 Å². The monoisotopic (exact) mass is 216 g/mol. The van der Waals surface area contributed by atoms with Gasteiger partial charge in [0.2, 0.25) is 0 Å². The minimum Gasteiger partial charge on any atom is -0.306 e. The van der Waals surface area contributed by atoms with Gasteiger partial charge in [0.05, 0.1) is 5.30 Å². The highest BCUT2D eigenvalue weighted by molar-refractivity contribution is 7.61. The van der Waals surface area contributed by atoms with E-state index in [9.17, 15) is 13.6 Å². The molecule has 76 valence electrons. The summed E-state index contributed by atoms with van der Waals surface area (Å²) in [5.41, 5.74) is 0.449. The lowest BCUT2D eigenvalue weighted by Crippen LogP contribution is -2.03. The number of rotatable bonds is 3. The first-order chi connectivity index (χ1) is 6.47. The fraction of sp³-hybridized carbons (Fsp3) is 0.222. The quantitative estimate of drug-likeness (QED) is 0.575. The highest BCUT2D eigenvalue weighted by atomic mass is 31.2. The first-order valence-corrected chi connectivity index (χ1v) is 5.46. The number of halogens is 1. The Labute approximate surface area is 81.5 Å². The smallest absolute Gasteiger partial charge is 0.306 e. The molecule has 14 heavy (non-hydrogen) atoms. The Bertz CT molecular complexity index is 386. The molecule has 0 aliphatic heterocycles. The second kappa shape index (κ2) is 4.03. The van der Waals surface area contributed by atoms with E-state index in [0.29, 0.717) is 5.56 Å². The van der Waals surface area contributed by atoms with Crippen LogP contribution in [-0.2, 0) is 9.09 Å². The third-order valence-corrected chi connectivity index (χ3v) is 3.20. The van der Waals surface area contributed by atoms with E-state index in [2.05, 4.69) is 4.52 Å². The van der Waals surface area contributed by atoms with Gasteiger partial charge in [0, 0.05) is 12.7 Å². The van der Waals surface area contributed by atoms with Crippen LogP contribution < -0.4 is 5.30 Å². The Morgan fingerprint density at radius 2 is 1.86 bits per heavy atom. The van der Waals surface area contributed by atoms with Gasteiger partial charge >= 0.3 is 7.68 Å². The second-order valence-electron chi connectivity index (χ2n) is 2.77. The van der Waals surface area contributed by atoms with Crippen LogP contribution in [0.1, 0.15) is 17.3 Å². The Morgan fingerprint density at radius 1 is 1.36 bits per heavy atom. The molecular formula is C9H10FO3P. The molecule has 0 saturated heterocycles. The molecule has 0 aliphatic carbocycles. The molecule has 0 amide bonds.